The van der Waals surface area contributed by atoms with Gasteiger partial charge in [0.2, 0.25) is 5.91 Å². The summed E-state index contributed by atoms with van der Waals surface area (Å²) in [7, 11) is 3.49. The first-order valence-electron chi connectivity index (χ1n) is 9.66. The van der Waals surface area contributed by atoms with Gasteiger partial charge in [-0.05, 0) is 26.2 Å². The molecule has 1 amide bonds. The molecule has 2 aliphatic rings. The number of nitrogens with zero attached hydrogens (tertiary/aromatic N) is 3. The van der Waals surface area contributed by atoms with Crippen LogP contribution in [0.1, 0.15) is 26.2 Å². The van der Waals surface area contributed by atoms with Crippen molar-refractivity contribution in [2.45, 2.75) is 38.4 Å². The molecule has 2 aliphatic heterocycles. The lowest BCUT2D eigenvalue weighted by Crippen LogP contribution is -2.53. The molecule has 8 nitrogen and oxygen atoms in total. The molecule has 2 saturated heterocycles. The Hall–Kier alpha value is -1.38. The third-order valence-electron chi connectivity index (χ3n) is 4.59. The average molecular weight is 370 g/mol. The van der Waals surface area contributed by atoms with Crippen LogP contribution in [0.2, 0.25) is 0 Å². The zero-order valence-electron chi connectivity index (χ0n) is 16.4. The average Bonchev–Trinajstić information content (AvgIpc) is 3.18. The number of morpholine rings is 1. The highest BCUT2D eigenvalue weighted by molar-refractivity contribution is 5.84. The summed E-state index contributed by atoms with van der Waals surface area (Å²) in [5.74, 6) is 0.755. The van der Waals surface area contributed by atoms with Crippen molar-refractivity contribution in [3.05, 3.63) is 0 Å². The van der Waals surface area contributed by atoms with Gasteiger partial charge in [0.25, 0.3) is 0 Å². The van der Waals surface area contributed by atoms with Crippen LogP contribution < -0.4 is 5.32 Å². The molecule has 8 heteroatoms. The Bertz CT molecular complexity index is 452. The van der Waals surface area contributed by atoms with Crippen molar-refractivity contribution in [3.63, 3.8) is 0 Å². The first kappa shape index (κ1) is 20.9. The predicted molar refractivity (Wildman–Crippen MR) is 100 cm³/mol. The van der Waals surface area contributed by atoms with E-state index in [2.05, 4.69) is 15.2 Å². The van der Waals surface area contributed by atoms with Gasteiger partial charge in [-0.25, -0.2) is 4.99 Å². The lowest BCUT2D eigenvalue weighted by molar-refractivity contribution is -0.127. The van der Waals surface area contributed by atoms with Gasteiger partial charge >= 0.3 is 0 Å². The van der Waals surface area contributed by atoms with Crippen LogP contribution in [0.5, 0.6) is 0 Å². The Morgan fingerprint density at radius 3 is 2.81 bits per heavy atom. The molecule has 0 aromatic heterocycles. The van der Waals surface area contributed by atoms with Crippen LogP contribution >= 0.6 is 0 Å². The quantitative estimate of drug-likeness (QED) is 0.377. The van der Waals surface area contributed by atoms with E-state index in [9.17, 15) is 4.79 Å². The van der Waals surface area contributed by atoms with Gasteiger partial charge in [-0.15, -0.1) is 0 Å². The highest BCUT2D eigenvalue weighted by Gasteiger charge is 2.32. The van der Waals surface area contributed by atoms with Gasteiger partial charge < -0.3 is 29.3 Å². The monoisotopic (exact) mass is 370 g/mol. The number of likely N-dealkylation sites (N-methyl/N-ethyl adjacent to an activating group) is 1. The third kappa shape index (κ3) is 6.74. The summed E-state index contributed by atoms with van der Waals surface area (Å²) in [6.07, 6.45) is 3.27. The molecule has 0 aromatic carbocycles. The molecule has 0 aliphatic carbocycles. The number of nitrogens with one attached hydrogen (secondary N) is 1. The van der Waals surface area contributed by atoms with Gasteiger partial charge in [0, 0.05) is 53.6 Å². The summed E-state index contributed by atoms with van der Waals surface area (Å²) >= 11 is 0. The number of amides is 1. The van der Waals surface area contributed by atoms with Crippen LogP contribution in [-0.2, 0) is 19.0 Å². The number of ether oxygens (including phenoxy) is 3. The van der Waals surface area contributed by atoms with E-state index in [1.165, 1.54) is 0 Å². The molecule has 2 atom stereocenters. The predicted octanol–water partition coefficient (Wildman–Crippen LogP) is 0.327. The van der Waals surface area contributed by atoms with Gasteiger partial charge in [-0.3, -0.25) is 4.79 Å². The second-order valence-electron chi connectivity index (χ2n) is 6.81. The first-order valence-corrected chi connectivity index (χ1v) is 9.66. The smallest absolute Gasteiger partial charge is 0.243 e. The fourth-order valence-corrected chi connectivity index (χ4v) is 3.06. The Morgan fingerprint density at radius 1 is 1.31 bits per heavy atom. The zero-order valence-corrected chi connectivity index (χ0v) is 16.4. The maximum absolute atomic E-state index is 11.9. The topological polar surface area (TPSA) is 75.6 Å². The fraction of sp³-hybridized carbons (Fsp3) is 0.889. The van der Waals surface area contributed by atoms with Crippen LogP contribution in [0, 0.1) is 0 Å². The lowest BCUT2D eigenvalue weighted by Gasteiger charge is -2.37. The number of carbonyl (C=O) groups excluding carboxylic acids is 1. The van der Waals surface area contributed by atoms with E-state index in [0.29, 0.717) is 6.61 Å². The molecule has 0 aromatic rings. The molecular formula is C18H34N4O4. The Balaban J connectivity index is 1.93. The van der Waals surface area contributed by atoms with Crippen molar-refractivity contribution < 1.29 is 19.0 Å². The van der Waals surface area contributed by atoms with Crippen LogP contribution in [0.15, 0.2) is 4.99 Å². The summed E-state index contributed by atoms with van der Waals surface area (Å²) in [6, 6.07) is 0. The highest BCUT2D eigenvalue weighted by Crippen LogP contribution is 2.21. The highest BCUT2D eigenvalue weighted by atomic mass is 16.5. The van der Waals surface area contributed by atoms with Crippen molar-refractivity contribution in [1.82, 2.24) is 15.1 Å². The second kappa shape index (κ2) is 11.4. The molecule has 2 rings (SSSR count). The maximum Gasteiger partial charge on any atom is 0.243 e. The van der Waals surface area contributed by atoms with E-state index in [1.807, 2.05) is 6.92 Å². The number of aliphatic imine (C=N–C) groups is 1. The molecular weight excluding hydrogens is 336 g/mol. The maximum atomic E-state index is 11.9. The Kier molecular flexibility index (Phi) is 9.14. The van der Waals surface area contributed by atoms with E-state index < -0.39 is 0 Å². The van der Waals surface area contributed by atoms with Gasteiger partial charge in [-0.2, -0.15) is 0 Å². The van der Waals surface area contributed by atoms with E-state index >= 15 is 0 Å². The van der Waals surface area contributed by atoms with Gasteiger partial charge in [0.05, 0.1) is 12.7 Å². The normalized spacial score (nSPS) is 24.0. The lowest BCUT2D eigenvalue weighted by atomic mass is 10.1. The third-order valence-corrected chi connectivity index (χ3v) is 4.59. The van der Waals surface area contributed by atoms with E-state index in [-0.39, 0.29) is 24.7 Å². The number of rotatable bonds is 8. The van der Waals surface area contributed by atoms with Crippen molar-refractivity contribution in [2.75, 3.05) is 66.7 Å². The molecule has 0 bridgehead atoms. The fourth-order valence-electron chi connectivity index (χ4n) is 3.06. The van der Waals surface area contributed by atoms with Gasteiger partial charge in [0.15, 0.2) is 5.96 Å². The number of hydrogen-bond donors (Lipinski definition) is 1. The van der Waals surface area contributed by atoms with Crippen LogP contribution in [0.3, 0.4) is 0 Å². The van der Waals surface area contributed by atoms with E-state index in [0.717, 1.165) is 64.7 Å². The summed E-state index contributed by atoms with van der Waals surface area (Å²) in [6.45, 7) is 7.30. The van der Waals surface area contributed by atoms with Crippen molar-refractivity contribution in [3.8, 4) is 0 Å². The summed E-state index contributed by atoms with van der Waals surface area (Å²) in [5, 5.41) is 3.38. The van der Waals surface area contributed by atoms with E-state index in [1.54, 1.807) is 19.0 Å². The molecule has 150 valence electrons. The molecule has 26 heavy (non-hydrogen) atoms. The van der Waals surface area contributed by atoms with Crippen molar-refractivity contribution in [2.24, 2.45) is 4.99 Å². The van der Waals surface area contributed by atoms with Crippen molar-refractivity contribution in [1.29, 1.82) is 0 Å². The standard InChI is InChI=1S/C18H34N4O4/c1-4-24-10-6-8-19-18(20-13-17(23)21(2)3)22-9-12-26-16(14-22)15-7-5-11-25-15/h15-16H,4-14H2,1-3H3,(H,19,20). The molecule has 0 radical (unpaired) electrons. The van der Waals surface area contributed by atoms with Gasteiger partial charge in [0.1, 0.15) is 12.6 Å². The second-order valence-corrected chi connectivity index (χ2v) is 6.81. The molecule has 2 unspecified atom stereocenters. The van der Waals surface area contributed by atoms with Crippen LogP contribution in [0.4, 0.5) is 0 Å². The molecule has 1 N–H and O–H groups in total. The number of hydrogen-bond acceptors (Lipinski definition) is 5. The Labute approximate surface area is 156 Å². The molecule has 0 spiro atoms. The van der Waals surface area contributed by atoms with E-state index in [4.69, 9.17) is 14.2 Å². The number of guanidine groups is 1. The van der Waals surface area contributed by atoms with Gasteiger partial charge in [-0.1, -0.05) is 0 Å². The van der Waals surface area contributed by atoms with Crippen molar-refractivity contribution >= 4 is 11.9 Å². The molecule has 2 heterocycles. The minimum absolute atomic E-state index is 0.0115. The first-order chi connectivity index (χ1) is 12.6. The summed E-state index contributed by atoms with van der Waals surface area (Å²) in [4.78, 5) is 20.2. The van der Waals surface area contributed by atoms with Crippen LogP contribution in [0.25, 0.3) is 0 Å². The minimum Gasteiger partial charge on any atom is -0.382 e. The summed E-state index contributed by atoms with van der Waals surface area (Å²) in [5.41, 5.74) is 0. The summed E-state index contributed by atoms with van der Waals surface area (Å²) < 4.78 is 17.1. The van der Waals surface area contributed by atoms with Crippen LogP contribution in [-0.4, -0.2) is 101 Å². The minimum atomic E-state index is -0.0115. The largest absolute Gasteiger partial charge is 0.382 e. The Morgan fingerprint density at radius 2 is 2.12 bits per heavy atom. The SMILES string of the molecule is CCOCCCNC(=NCC(=O)N(C)C)N1CCOC(C2CCCO2)C1. The molecule has 0 saturated carbocycles. The number of carbonyl (C=O) groups is 1. The molecule has 2 fully saturated rings. The zero-order chi connectivity index (χ0) is 18.8.